The second-order valence-corrected chi connectivity index (χ2v) is 3.43. The van der Waals surface area contributed by atoms with E-state index in [4.69, 9.17) is 11.6 Å². The molecule has 0 saturated carbocycles. The highest BCUT2D eigenvalue weighted by atomic mass is 35.5. The molecule has 1 aliphatic rings. The van der Waals surface area contributed by atoms with Gasteiger partial charge < -0.3 is 0 Å². The lowest BCUT2D eigenvalue weighted by atomic mass is 10.2. The lowest BCUT2D eigenvalue weighted by molar-refractivity contribution is 1.20. The number of benzene rings is 1. The van der Waals surface area contributed by atoms with E-state index in [1.54, 1.807) is 0 Å². The number of halogens is 1. The van der Waals surface area contributed by atoms with Gasteiger partial charge in [0.25, 0.3) is 0 Å². The van der Waals surface area contributed by atoms with E-state index in [0.29, 0.717) is 0 Å². The van der Waals surface area contributed by atoms with Crippen LogP contribution in [0.4, 0.5) is 0 Å². The summed E-state index contributed by atoms with van der Waals surface area (Å²) in [6, 6.07) is 6.04. The van der Waals surface area contributed by atoms with Gasteiger partial charge in [-0.2, -0.15) is 0 Å². The molecular formula is C7H5ClS. The fraction of sp³-hybridized carbons (Fsp3) is 0.143. The Kier molecular flexibility index (Phi) is 1.20. The molecule has 2 heteroatoms. The van der Waals surface area contributed by atoms with Crippen LogP contribution in [0.1, 0.15) is 5.56 Å². The Balaban J connectivity index is 2.64. The standard InChI is InChI=1S/C7H5ClS/c8-6-2-1-3-7-5(6)4-9-7/h1-3H,4H2. The first kappa shape index (κ1) is 5.63. The molecule has 0 amide bonds. The molecule has 9 heavy (non-hydrogen) atoms. The van der Waals surface area contributed by atoms with E-state index < -0.39 is 0 Å². The molecule has 1 aromatic rings. The van der Waals surface area contributed by atoms with Crippen LogP contribution < -0.4 is 0 Å². The van der Waals surface area contributed by atoms with Crippen molar-refractivity contribution in [3.05, 3.63) is 28.8 Å². The average Bonchev–Trinajstić information content (AvgIpc) is 1.74. The van der Waals surface area contributed by atoms with Gasteiger partial charge in [-0.05, 0) is 17.7 Å². The van der Waals surface area contributed by atoms with Crippen LogP contribution in [-0.4, -0.2) is 0 Å². The largest absolute Gasteiger partial charge is 0.121 e. The summed E-state index contributed by atoms with van der Waals surface area (Å²) in [4.78, 5) is 1.35. The van der Waals surface area contributed by atoms with Crippen molar-refractivity contribution in [2.24, 2.45) is 0 Å². The zero-order valence-corrected chi connectivity index (χ0v) is 6.30. The van der Waals surface area contributed by atoms with Crippen LogP contribution in [0.2, 0.25) is 5.02 Å². The molecule has 0 aromatic heterocycles. The van der Waals surface area contributed by atoms with Crippen molar-refractivity contribution in [3.63, 3.8) is 0 Å². The first-order valence-corrected chi connectivity index (χ1v) is 4.14. The zero-order valence-electron chi connectivity index (χ0n) is 4.73. The molecule has 0 nitrogen and oxygen atoms in total. The van der Waals surface area contributed by atoms with Crippen LogP contribution >= 0.6 is 23.4 Å². The van der Waals surface area contributed by atoms with Gasteiger partial charge in [-0.1, -0.05) is 17.7 Å². The van der Waals surface area contributed by atoms with E-state index in [9.17, 15) is 0 Å². The lowest BCUT2D eigenvalue weighted by Gasteiger charge is -2.17. The van der Waals surface area contributed by atoms with Crippen LogP contribution in [0.5, 0.6) is 0 Å². The molecule has 1 heterocycles. The summed E-state index contributed by atoms with van der Waals surface area (Å²) in [6.45, 7) is 0. The maximum Gasteiger partial charge on any atom is 0.0457 e. The van der Waals surface area contributed by atoms with Gasteiger partial charge in [0, 0.05) is 15.7 Å². The Labute approximate surface area is 63.2 Å². The molecule has 0 saturated heterocycles. The molecule has 1 aliphatic heterocycles. The van der Waals surface area contributed by atoms with Crippen molar-refractivity contribution < 1.29 is 0 Å². The van der Waals surface area contributed by atoms with E-state index in [1.807, 2.05) is 23.9 Å². The van der Waals surface area contributed by atoms with Gasteiger partial charge in [0.2, 0.25) is 0 Å². The Morgan fingerprint density at radius 2 is 2.33 bits per heavy atom. The lowest BCUT2D eigenvalue weighted by Crippen LogP contribution is -1.95. The molecule has 0 radical (unpaired) electrons. The molecule has 1 aromatic carbocycles. The van der Waals surface area contributed by atoms with Gasteiger partial charge in [0.15, 0.2) is 0 Å². The Bertz CT molecular complexity index is 230. The number of rotatable bonds is 0. The van der Waals surface area contributed by atoms with Crippen LogP contribution in [0, 0.1) is 0 Å². The van der Waals surface area contributed by atoms with Crippen molar-refractivity contribution in [3.8, 4) is 0 Å². The van der Waals surface area contributed by atoms with Crippen molar-refractivity contribution >= 4 is 23.4 Å². The van der Waals surface area contributed by atoms with Gasteiger partial charge in [0.1, 0.15) is 0 Å². The third-order valence-electron chi connectivity index (χ3n) is 1.45. The summed E-state index contributed by atoms with van der Waals surface area (Å²) in [5.74, 6) is 1.09. The molecule has 0 atom stereocenters. The quantitative estimate of drug-likeness (QED) is 0.557. The molecule has 0 fully saturated rings. The maximum absolute atomic E-state index is 5.85. The Morgan fingerprint density at radius 3 is 2.78 bits per heavy atom. The highest BCUT2D eigenvalue weighted by Gasteiger charge is 2.15. The smallest absolute Gasteiger partial charge is 0.0457 e. The van der Waals surface area contributed by atoms with Crippen LogP contribution in [-0.2, 0) is 5.75 Å². The van der Waals surface area contributed by atoms with E-state index >= 15 is 0 Å². The third kappa shape index (κ3) is 0.759. The summed E-state index contributed by atoms with van der Waals surface area (Å²) in [7, 11) is 0. The molecule has 0 unspecified atom stereocenters. The van der Waals surface area contributed by atoms with E-state index in [-0.39, 0.29) is 0 Å². The van der Waals surface area contributed by atoms with E-state index in [1.165, 1.54) is 10.5 Å². The average molecular weight is 157 g/mol. The molecule has 0 N–H and O–H groups in total. The SMILES string of the molecule is Clc1cccc2c1CS2. The molecule has 0 bridgehead atoms. The number of hydrogen-bond acceptors (Lipinski definition) is 1. The fourth-order valence-corrected chi connectivity index (χ4v) is 2.16. The molecule has 46 valence electrons. The Morgan fingerprint density at radius 1 is 1.44 bits per heavy atom. The first-order chi connectivity index (χ1) is 4.38. The van der Waals surface area contributed by atoms with Crippen molar-refractivity contribution in [2.75, 3.05) is 0 Å². The van der Waals surface area contributed by atoms with Crippen molar-refractivity contribution in [2.45, 2.75) is 10.6 Å². The normalized spacial score (nSPS) is 14.3. The van der Waals surface area contributed by atoms with E-state index in [0.717, 1.165) is 10.8 Å². The van der Waals surface area contributed by atoms with Crippen LogP contribution in [0.3, 0.4) is 0 Å². The zero-order chi connectivity index (χ0) is 6.27. The highest BCUT2D eigenvalue weighted by molar-refractivity contribution is 8.00. The fourth-order valence-electron chi connectivity index (χ4n) is 0.884. The van der Waals surface area contributed by atoms with Gasteiger partial charge in [-0.25, -0.2) is 0 Å². The number of fused-ring (bicyclic) bond motifs is 1. The predicted molar refractivity (Wildman–Crippen MR) is 41.0 cm³/mol. The second kappa shape index (κ2) is 1.93. The van der Waals surface area contributed by atoms with Gasteiger partial charge in [-0.15, -0.1) is 11.8 Å². The Hall–Kier alpha value is -0.140. The predicted octanol–water partition coefficient (Wildman–Crippen LogP) is 2.95. The topological polar surface area (TPSA) is 0 Å². The minimum Gasteiger partial charge on any atom is -0.121 e. The van der Waals surface area contributed by atoms with Crippen molar-refractivity contribution in [1.82, 2.24) is 0 Å². The number of hydrogen-bond donors (Lipinski definition) is 0. The monoisotopic (exact) mass is 156 g/mol. The second-order valence-electron chi connectivity index (χ2n) is 2.01. The number of thioether (sulfide) groups is 1. The van der Waals surface area contributed by atoms with Gasteiger partial charge in [-0.3, -0.25) is 0 Å². The van der Waals surface area contributed by atoms with Crippen LogP contribution in [0.25, 0.3) is 0 Å². The first-order valence-electron chi connectivity index (χ1n) is 2.78. The highest BCUT2D eigenvalue weighted by Crippen LogP contribution is 2.41. The minimum absolute atomic E-state index is 0.922. The van der Waals surface area contributed by atoms with Gasteiger partial charge >= 0.3 is 0 Å². The van der Waals surface area contributed by atoms with Crippen molar-refractivity contribution in [1.29, 1.82) is 0 Å². The molecule has 2 rings (SSSR count). The summed E-state index contributed by atoms with van der Waals surface area (Å²) in [6.07, 6.45) is 0. The minimum atomic E-state index is 0.922. The molecular weight excluding hydrogens is 152 g/mol. The maximum atomic E-state index is 5.85. The summed E-state index contributed by atoms with van der Waals surface area (Å²) < 4.78 is 0. The third-order valence-corrected chi connectivity index (χ3v) is 2.93. The summed E-state index contributed by atoms with van der Waals surface area (Å²) in [5, 5.41) is 0.922. The van der Waals surface area contributed by atoms with Crippen LogP contribution in [0.15, 0.2) is 23.1 Å². The molecule has 0 spiro atoms. The summed E-state index contributed by atoms with van der Waals surface area (Å²) >= 11 is 7.71. The van der Waals surface area contributed by atoms with Gasteiger partial charge in [0.05, 0.1) is 0 Å². The van der Waals surface area contributed by atoms with E-state index in [2.05, 4.69) is 6.07 Å². The molecule has 0 aliphatic carbocycles. The summed E-state index contributed by atoms with van der Waals surface area (Å²) in [5.41, 5.74) is 1.32.